The first-order chi connectivity index (χ1) is 28.3. The number of nitrogens with one attached hydrogen (secondary N) is 1. The molecule has 12 nitrogen and oxygen atoms in total. The Kier molecular flexibility index (Phi) is 16.0. The first-order valence-electron chi connectivity index (χ1n) is 21.1. The molecule has 4 atom stereocenters. The average molecular weight is 803 g/mol. The van der Waals surface area contributed by atoms with Gasteiger partial charge in [0.2, 0.25) is 0 Å². The summed E-state index contributed by atoms with van der Waals surface area (Å²) < 4.78 is 4.13. The van der Waals surface area contributed by atoms with Crippen molar-refractivity contribution in [2.24, 2.45) is 0 Å². The second kappa shape index (κ2) is 20.9. The van der Waals surface area contributed by atoms with E-state index >= 15 is 0 Å². The van der Waals surface area contributed by atoms with Crippen molar-refractivity contribution in [1.29, 1.82) is 0 Å². The Balaban J connectivity index is 0.000000224. The summed E-state index contributed by atoms with van der Waals surface area (Å²) in [7, 11) is 14.7. The molecule has 0 saturated carbocycles. The number of aryl methyl sites for hydroxylation is 2. The van der Waals surface area contributed by atoms with Crippen LogP contribution in [0.1, 0.15) is 108 Å². The summed E-state index contributed by atoms with van der Waals surface area (Å²) >= 11 is 0. The minimum absolute atomic E-state index is 0.255. The van der Waals surface area contributed by atoms with Crippen LogP contribution in [0.5, 0.6) is 0 Å². The van der Waals surface area contributed by atoms with Crippen molar-refractivity contribution in [2.45, 2.75) is 76.5 Å². The van der Waals surface area contributed by atoms with Crippen molar-refractivity contribution in [1.82, 2.24) is 58.9 Å². The summed E-state index contributed by atoms with van der Waals surface area (Å²) in [6.07, 6.45) is 18.5. The van der Waals surface area contributed by atoms with E-state index in [-0.39, 0.29) is 12.1 Å². The number of piperidine rings is 2. The molecule has 6 rings (SSSR count). The maximum absolute atomic E-state index is 4.94. The first kappa shape index (κ1) is 45.2. The van der Waals surface area contributed by atoms with Gasteiger partial charge >= 0.3 is 0 Å². The minimum atomic E-state index is 0.255. The molecule has 0 bridgehead atoms. The molecule has 0 aliphatic carbocycles. The highest BCUT2D eigenvalue weighted by Crippen LogP contribution is 2.42. The van der Waals surface area contributed by atoms with E-state index in [9.17, 15) is 0 Å². The van der Waals surface area contributed by atoms with Gasteiger partial charge < -0.3 is 20.0 Å². The van der Waals surface area contributed by atoms with Crippen LogP contribution in [0.4, 0.5) is 0 Å². The Morgan fingerprint density at radius 2 is 1.12 bits per heavy atom. The Bertz CT molecular complexity index is 2030. The van der Waals surface area contributed by atoms with Crippen LogP contribution in [-0.4, -0.2) is 129 Å². The van der Waals surface area contributed by atoms with Crippen molar-refractivity contribution in [3.05, 3.63) is 121 Å². The molecule has 6 heterocycles. The van der Waals surface area contributed by atoms with E-state index in [2.05, 4.69) is 151 Å². The van der Waals surface area contributed by atoms with E-state index < -0.39 is 0 Å². The van der Waals surface area contributed by atoms with Crippen molar-refractivity contribution in [2.75, 3.05) is 75.5 Å². The summed E-state index contributed by atoms with van der Waals surface area (Å²) in [5.74, 6) is 3.51. The third-order valence-corrected chi connectivity index (χ3v) is 12.2. The standard InChI is InChI=1S/C24H36N6.C23H34N6/c1-8-23-26-20(17-30(23)19(3)28(6)16-15-27(4)5)21-12-9-13-22(29(21)7)24-18(2)11-10-14-25-24;1-7-22-26-19(16-29(22)18(3)27(5)15-14-24-4)20-11-8-12-21(28(20)6)23-17(2)10-9-13-25-23/h8,10-11,14,17,21-22H,1,3,9,12-13,15-16H2,2,4-7H3;7,9-10,13,16,20-21,24H,1,3,8,11-12,14-15H2,2,4-6H3. The SMILES string of the molecule is C=Cc1nc(C2CCCC(c3ncccc3C)N2C)cn1C(=C)N(C)CCN(C)C.C=Cc1nc(C2CCCC(c3ncccc3C)N2C)cn1C(=C)N(C)CCNC. The topological polar surface area (TPSA) is 89.6 Å². The number of aromatic nitrogens is 6. The highest BCUT2D eigenvalue weighted by Gasteiger charge is 2.34. The fourth-order valence-corrected chi connectivity index (χ4v) is 8.43. The maximum Gasteiger partial charge on any atom is 0.138 e. The van der Waals surface area contributed by atoms with Crippen LogP contribution in [0.3, 0.4) is 0 Å². The van der Waals surface area contributed by atoms with Gasteiger partial charge in [-0.1, -0.05) is 38.4 Å². The molecule has 0 spiro atoms. The van der Waals surface area contributed by atoms with Gasteiger partial charge in [-0.3, -0.25) is 28.9 Å². The number of rotatable bonds is 16. The predicted molar refractivity (Wildman–Crippen MR) is 245 cm³/mol. The van der Waals surface area contributed by atoms with Gasteiger partial charge in [-0.2, -0.15) is 0 Å². The summed E-state index contributed by atoms with van der Waals surface area (Å²) in [4.78, 5) is 30.6. The fourth-order valence-electron chi connectivity index (χ4n) is 8.43. The molecule has 2 aliphatic rings. The number of likely N-dealkylation sites (tertiary alicyclic amines) is 2. The van der Waals surface area contributed by atoms with Gasteiger partial charge in [-0.25, -0.2) is 9.97 Å². The number of pyridine rings is 2. The van der Waals surface area contributed by atoms with E-state index in [4.69, 9.17) is 15.0 Å². The zero-order valence-corrected chi connectivity index (χ0v) is 37.4. The van der Waals surface area contributed by atoms with Crippen molar-refractivity contribution >= 4 is 23.8 Å². The van der Waals surface area contributed by atoms with Gasteiger partial charge in [-0.15, -0.1) is 0 Å². The molecule has 2 fully saturated rings. The van der Waals surface area contributed by atoms with E-state index in [0.29, 0.717) is 12.1 Å². The Morgan fingerprint density at radius 1 is 0.695 bits per heavy atom. The molecule has 0 amide bonds. The summed E-state index contributed by atoms with van der Waals surface area (Å²) in [5.41, 5.74) is 7.02. The number of hydrogen-bond donors (Lipinski definition) is 1. The smallest absolute Gasteiger partial charge is 0.138 e. The van der Waals surface area contributed by atoms with Gasteiger partial charge in [0.05, 0.1) is 46.9 Å². The van der Waals surface area contributed by atoms with Crippen LogP contribution in [-0.2, 0) is 0 Å². The normalized spacial score (nSPS) is 19.8. The Morgan fingerprint density at radius 3 is 1.51 bits per heavy atom. The lowest BCUT2D eigenvalue weighted by molar-refractivity contribution is 0.109. The Hall–Kier alpha value is -4.88. The molecule has 2 saturated heterocycles. The largest absolute Gasteiger partial charge is 0.360 e. The molecule has 4 aromatic rings. The zero-order chi connectivity index (χ0) is 42.8. The molecule has 12 heteroatoms. The summed E-state index contributed by atoms with van der Waals surface area (Å²) in [5, 5.41) is 3.18. The third-order valence-electron chi connectivity index (χ3n) is 12.2. The van der Waals surface area contributed by atoms with Crippen LogP contribution in [0.25, 0.3) is 23.8 Å². The first-order valence-corrected chi connectivity index (χ1v) is 21.1. The van der Waals surface area contributed by atoms with Crippen LogP contribution in [0.2, 0.25) is 0 Å². The van der Waals surface area contributed by atoms with Gasteiger partial charge in [0.15, 0.2) is 0 Å². The van der Waals surface area contributed by atoms with Gasteiger partial charge in [0, 0.05) is 65.1 Å². The van der Waals surface area contributed by atoms with E-state index in [1.54, 1.807) is 0 Å². The molecular formula is C47H70N12. The Labute approximate surface area is 354 Å². The quantitative estimate of drug-likeness (QED) is 0.121. The maximum atomic E-state index is 4.94. The molecule has 2 aliphatic heterocycles. The highest BCUT2D eigenvalue weighted by atomic mass is 15.3. The number of likely N-dealkylation sites (N-methyl/N-ethyl adjacent to an activating group) is 4. The summed E-state index contributed by atoms with van der Waals surface area (Å²) in [6.45, 7) is 24.5. The van der Waals surface area contributed by atoms with Gasteiger partial charge in [0.1, 0.15) is 23.3 Å². The fraction of sp³-hybridized carbons (Fsp3) is 0.489. The van der Waals surface area contributed by atoms with Crippen LogP contribution in [0.15, 0.2) is 75.4 Å². The van der Waals surface area contributed by atoms with Crippen molar-refractivity contribution in [3.8, 4) is 0 Å². The highest BCUT2D eigenvalue weighted by molar-refractivity contribution is 5.51. The number of hydrogen-bond acceptors (Lipinski definition) is 10. The minimum Gasteiger partial charge on any atom is -0.360 e. The van der Waals surface area contributed by atoms with E-state index in [1.165, 1.54) is 22.5 Å². The summed E-state index contributed by atoms with van der Waals surface area (Å²) in [6, 6.07) is 9.45. The average Bonchev–Trinajstić information content (AvgIpc) is 3.87. The van der Waals surface area contributed by atoms with E-state index in [0.717, 1.165) is 99.4 Å². The third kappa shape index (κ3) is 10.7. The second-order valence-electron chi connectivity index (χ2n) is 16.4. The molecule has 1 N–H and O–H groups in total. The van der Waals surface area contributed by atoms with Crippen LogP contribution < -0.4 is 5.32 Å². The molecule has 0 aromatic carbocycles. The lowest BCUT2D eigenvalue weighted by Crippen LogP contribution is -2.34. The monoisotopic (exact) mass is 803 g/mol. The lowest BCUT2D eigenvalue weighted by atomic mass is 9.91. The van der Waals surface area contributed by atoms with Gasteiger partial charge in [0.25, 0.3) is 0 Å². The second-order valence-corrected chi connectivity index (χ2v) is 16.4. The van der Waals surface area contributed by atoms with E-state index in [1.807, 2.05) is 43.7 Å². The molecule has 318 valence electrons. The number of nitrogens with zero attached hydrogens (tertiary/aromatic N) is 11. The lowest BCUT2D eigenvalue weighted by Gasteiger charge is -2.39. The van der Waals surface area contributed by atoms with Crippen molar-refractivity contribution in [3.63, 3.8) is 0 Å². The molecular weight excluding hydrogens is 733 g/mol. The van der Waals surface area contributed by atoms with Crippen LogP contribution >= 0.6 is 0 Å². The predicted octanol–water partition coefficient (Wildman–Crippen LogP) is 7.76. The number of imidazole rings is 2. The van der Waals surface area contributed by atoms with Crippen LogP contribution in [0, 0.1) is 13.8 Å². The molecule has 4 aromatic heterocycles. The molecule has 59 heavy (non-hydrogen) atoms. The zero-order valence-electron chi connectivity index (χ0n) is 37.4. The molecule has 4 unspecified atom stereocenters. The van der Waals surface area contributed by atoms with Crippen molar-refractivity contribution < 1.29 is 0 Å². The van der Waals surface area contributed by atoms with Gasteiger partial charge in [-0.05, 0) is 123 Å². The molecule has 0 radical (unpaired) electrons.